The van der Waals surface area contributed by atoms with Gasteiger partial charge in [-0.05, 0) is 36.8 Å². The molecule has 0 bridgehead atoms. The van der Waals surface area contributed by atoms with E-state index in [1.807, 2.05) is 37.2 Å². The predicted molar refractivity (Wildman–Crippen MR) is 149 cm³/mol. The number of rotatable bonds is 8. The van der Waals surface area contributed by atoms with Crippen molar-refractivity contribution >= 4 is 50.8 Å². The smallest absolute Gasteiger partial charge is 0.350 e. The minimum absolute atomic E-state index is 0.00803. The van der Waals surface area contributed by atoms with Crippen LogP contribution >= 0.6 is 11.3 Å². The van der Waals surface area contributed by atoms with Crippen LogP contribution in [0.2, 0.25) is 0 Å². The Kier molecular flexibility index (Phi) is 6.80. The molecule has 198 valence electrons. The maximum absolute atomic E-state index is 13.8. The van der Waals surface area contributed by atoms with Gasteiger partial charge in [-0.3, -0.25) is 14.5 Å². The molecule has 4 aromatic rings. The van der Waals surface area contributed by atoms with E-state index in [-0.39, 0.29) is 27.9 Å². The number of aryl methyl sites for hydroxylation is 1. The number of hydrogen-bond donors (Lipinski definition) is 1. The molecule has 0 spiro atoms. The Labute approximate surface area is 228 Å². The monoisotopic (exact) mass is 543 g/mol. The summed E-state index contributed by atoms with van der Waals surface area (Å²) in [6, 6.07) is 15.0. The topological polar surface area (TPSA) is 113 Å². The molecule has 0 saturated carbocycles. The highest BCUT2D eigenvalue weighted by atomic mass is 32.1. The average Bonchev–Trinajstić information content (AvgIpc) is 3.61. The van der Waals surface area contributed by atoms with Crippen LogP contribution in [0.15, 0.2) is 83.0 Å². The first-order valence-electron chi connectivity index (χ1n) is 12.0. The van der Waals surface area contributed by atoms with Gasteiger partial charge in [-0.1, -0.05) is 54.3 Å². The van der Waals surface area contributed by atoms with Gasteiger partial charge in [0.05, 0.1) is 17.3 Å². The Morgan fingerprint density at radius 2 is 1.92 bits per heavy atom. The van der Waals surface area contributed by atoms with E-state index in [2.05, 4.69) is 11.6 Å². The molecule has 0 saturated heterocycles. The minimum atomic E-state index is -1.02. The number of aliphatic hydroxyl groups is 1. The Morgan fingerprint density at radius 1 is 1.21 bits per heavy atom. The number of furan rings is 1. The molecule has 0 radical (unpaired) electrons. The van der Waals surface area contributed by atoms with Gasteiger partial charge in [0.2, 0.25) is 5.78 Å². The fourth-order valence-corrected chi connectivity index (χ4v) is 5.39. The summed E-state index contributed by atoms with van der Waals surface area (Å²) in [6.07, 6.45) is 1.45. The number of aromatic nitrogens is 1. The highest BCUT2D eigenvalue weighted by molar-refractivity contribution is 7.17. The number of aliphatic hydroxyl groups excluding tert-OH is 1. The maximum atomic E-state index is 13.8. The summed E-state index contributed by atoms with van der Waals surface area (Å²) in [5.41, 5.74) is 2.20. The van der Waals surface area contributed by atoms with E-state index >= 15 is 0 Å². The normalized spacial score (nSPS) is 15.2. The third kappa shape index (κ3) is 4.59. The first-order chi connectivity index (χ1) is 18.7. The number of esters is 1. The molecule has 1 aliphatic heterocycles. The summed E-state index contributed by atoms with van der Waals surface area (Å²) in [7, 11) is 3.79. The van der Waals surface area contributed by atoms with E-state index in [0.717, 1.165) is 17.0 Å². The van der Waals surface area contributed by atoms with Gasteiger partial charge in [-0.2, -0.15) is 0 Å². The standard InChI is InChI=1S/C29H25N3O6S/c1-5-14-37-28(36)26-16(2)30-29(39-26)32-23(17-10-12-19(13-11-17)31(3)4)22(25(34)27(32)35)24(33)21-15-18-8-6-7-9-20(18)38-21/h5-13,15,23,34H,1,14H2,2-4H3. The Bertz CT molecular complexity index is 1610. The lowest BCUT2D eigenvalue weighted by atomic mass is 9.95. The van der Waals surface area contributed by atoms with E-state index in [1.54, 1.807) is 43.3 Å². The number of ketones is 1. The summed E-state index contributed by atoms with van der Waals surface area (Å²) in [4.78, 5) is 47.7. The zero-order valence-corrected chi connectivity index (χ0v) is 22.3. The molecule has 1 unspecified atom stereocenters. The fourth-order valence-electron chi connectivity index (χ4n) is 4.41. The van der Waals surface area contributed by atoms with Crippen molar-refractivity contribution in [3.05, 3.63) is 100 Å². The van der Waals surface area contributed by atoms with Gasteiger partial charge in [0.25, 0.3) is 5.91 Å². The van der Waals surface area contributed by atoms with Gasteiger partial charge in [-0.25, -0.2) is 9.78 Å². The quantitative estimate of drug-likeness (QED) is 0.179. The highest BCUT2D eigenvalue weighted by Gasteiger charge is 2.47. The molecular formula is C29H25N3O6S. The first-order valence-corrected chi connectivity index (χ1v) is 12.9. The van der Waals surface area contributed by atoms with Crippen molar-refractivity contribution in [1.29, 1.82) is 0 Å². The molecule has 0 aliphatic carbocycles. The van der Waals surface area contributed by atoms with Crippen LogP contribution in [0.25, 0.3) is 11.0 Å². The molecule has 1 atom stereocenters. The van der Waals surface area contributed by atoms with Crippen molar-refractivity contribution < 1.29 is 28.6 Å². The lowest BCUT2D eigenvalue weighted by Crippen LogP contribution is -2.31. The number of Topliss-reactive ketones (excluding diaryl/α,β-unsaturated/α-hetero) is 1. The predicted octanol–water partition coefficient (Wildman–Crippen LogP) is 5.39. The van der Waals surface area contributed by atoms with Gasteiger partial charge in [0.15, 0.2) is 16.7 Å². The maximum Gasteiger partial charge on any atom is 0.350 e. The zero-order valence-electron chi connectivity index (χ0n) is 21.5. The van der Waals surface area contributed by atoms with Crippen LogP contribution in [0.1, 0.15) is 37.5 Å². The lowest BCUT2D eigenvalue weighted by molar-refractivity contribution is -0.117. The SMILES string of the molecule is C=CCOC(=O)c1sc(N2C(=O)C(O)=C(C(=O)c3cc4ccccc4o3)C2c2ccc(N(C)C)cc2)nc1C. The van der Waals surface area contributed by atoms with E-state index in [4.69, 9.17) is 9.15 Å². The van der Waals surface area contributed by atoms with E-state index in [1.165, 1.54) is 11.0 Å². The van der Waals surface area contributed by atoms with Crippen LogP contribution in [0.3, 0.4) is 0 Å². The summed E-state index contributed by atoms with van der Waals surface area (Å²) in [5.74, 6) is -2.75. The van der Waals surface area contributed by atoms with Gasteiger partial charge in [0.1, 0.15) is 17.1 Å². The summed E-state index contributed by atoms with van der Waals surface area (Å²) in [5, 5.41) is 11.9. The van der Waals surface area contributed by atoms with Crippen molar-refractivity contribution in [2.45, 2.75) is 13.0 Å². The number of amides is 1. The highest BCUT2D eigenvalue weighted by Crippen LogP contribution is 2.44. The number of thiazole rings is 1. The lowest BCUT2D eigenvalue weighted by Gasteiger charge is -2.25. The molecule has 39 heavy (non-hydrogen) atoms. The summed E-state index contributed by atoms with van der Waals surface area (Å²) >= 11 is 0.945. The van der Waals surface area contributed by atoms with Crippen LogP contribution in [0.4, 0.5) is 10.8 Å². The van der Waals surface area contributed by atoms with Gasteiger partial charge < -0.3 is 19.2 Å². The number of carbonyl (C=O) groups is 3. The zero-order chi connectivity index (χ0) is 27.8. The largest absolute Gasteiger partial charge is 0.503 e. The number of nitrogens with zero attached hydrogens (tertiary/aromatic N) is 3. The summed E-state index contributed by atoms with van der Waals surface area (Å²) < 4.78 is 10.9. The molecule has 2 aromatic heterocycles. The van der Waals surface area contributed by atoms with Crippen LogP contribution in [0.5, 0.6) is 0 Å². The van der Waals surface area contributed by atoms with E-state index in [0.29, 0.717) is 22.2 Å². The minimum Gasteiger partial charge on any atom is -0.503 e. The molecule has 1 aliphatic rings. The Morgan fingerprint density at radius 3 is 2.59 bits per heavy atom. The molecule has 10 heteroatoms. The number of carbonyl (C=O) groups excluding carboxylic acids is 3. The molecule has 0 fully saturated rings. The number of fused-ring (bicyclic) bond motifs is 1. The van der Waals surface area contributed by atoms with Crippen molar-refractivity contribution in [3.63, 3.8) is 0 Å². The molecule has 1 amide bonds. The van der Waals surface area contributed by atoms with Gasteiger partial charge in [0, 0.05) is 25.2 Å². The fraction of sp³-hybridized carbons (Fsp3) is 0.172. The van der Waals surface area contributed by atoms with Crippen LogP contribution in [-0.4, -0.2) is 48.5 Å². The molecular weight excluding hydrogens is 518 g/mol. The number of hydrogen-bond acceptors (Lipinski definition) is 9. The summed E-state index contributed by atoms with van der Waals surface area (Å²) in [6.45, 7) is 5.19. The Balaban J connectivity index is 1.62. The third-order valence-corrected chi connectivity index (χ3v) is 7.47. The van der Waals surface area contributed by atoms with Crippen LogP contribution in [-0.2, 0) is 9.53 Å². The van der Waals surface area contributed by atoms with Gasteiger partial charge in [-0.15, -0.1) is 0 Å². The van der Waals surface area contributed by atoms with Crippen molar-refractivity contribution in [3.8, 4) is 0 Å². The number of anilines is 2. The van der Waals surface area contributed by atoms with Crippen LogP contribution < -0.4 is 9.80 Å². The molecule has 3 heterocycles. The Hall–Kier alpha value is -4.70. The number of ether oxygens (including phenoxy) is 1. The molecule has 9 nitrogen and oxygen atoms in total. The third-order valence-electron chi connectivity index (χ3n) is 6.34. The van der Waals surface area contributed by atoms with Crippen molar-refractivity contribution in [2.24, 2.45) is 0 Å². The van der Waals surface area contributed by atoms with Crippen molar-refractivity contribution in [1.82, 2.24) is 4.98 Å². The molecule has 1 N–H and O–H groups in total. The number of benzene rings is 2. The second kappa shape index (κ2) is 10.2. The second-order valence-corrected chi connectivity index (χ2v) is 10.1. The second-order valence-electron chi connectivity index (χ2n) is 9.10. The van der Waals surface area contributed by atoms with Crippen LogP contribution in [0, 0.1) is 6.92 Å². The average molecular weight is 544 g/mol. The molecule has 5 rings (SSSR count). The van der Waals surface area contributed by atoms with E-state index < -0.39 is 29.5 Å². The van der Waals surface area contributed by atoms with E-state index in [9.17, 15) is 19.5 Å². The first kappa shape index (κ1) is 25.9. The number of para-hydroxylation sites is 1. The van der Waals surface area contributed by atoms with Crippen molar-refractivity contribution in [2.75, 3.05) is 30.5 Å². The van der Waals surface area contributed by atoms with Gasteiger partial charge >= 0.3 is 5.97 Å². The molecule has 2 aromatic carbocycles.